The van der Waals surface area contributed by atoms with E-state index in [4.69, 9.17) is 18.9 Å². The first-order valence-electron chi connectivity index (χ1n) is 8.96. The first kappa shape index (κ1) is 22.0. The zero-order valence-electron chi connectivity index (χ0n) is 17.4. The summed E-state index contributed by atoms with van der Waals surface area (Å²) in [4.78, 5) is 2.11. The predicted octanol–water partition coefficient (Wildman–Crippen LogP) is 2.42. The van der Waals surface area contributed by atoms with Gasteiger partial charge in [0.25, 0.3) is 10.0 Å². The molecule has 11 heteroatoms. The van der Waals surface area contributed by atoms with Crippen molar-refractivity contribution in [1.29, 1.82) is 0 Å². The first-order chi connectivity index (χ1) is 14.9. The normalized spacial score (nSPS) is 11.4. The van der Waals surface area contributed by atoms with Crippen molar-refractivity contribution >= 4 is 16.2 Å². The SMILES string of the molecule is COc1ccc(S(=O)(=O)N/N=C\c2cn[nH]c2-c2ccc(OC)c(OC)c2)c(OC)c1. The van der Waals surface area contributed by atoms with Gasteiger partial charge in [-0.3, -0.25) is 5.10 Å². The molecule has 0 fully saturated rings. The molecule has 0 amide bonds. The fourth-order valence-corrected chi connectivity index (χ4v) is 3.77. The van der Waals surface area contributed by atoms with E-state index in [0.29, 0.717) is 28.5 Å². The quantitative estimate of drug-likeness (QED) is 0.382. The van der Waals surface area contributed by atoms with E-state index in [1.54, 1.807) is 26.4 Å². The zero-order chi connectivity index (χ0) is 22.4. The van der Waals surface area contributed by atoms with Crippen LogP contribution in [0.4, 0.5) is 0 Å². The average Bonchev–Trinajstić information content (AvgIpc) is 3.26. The number of hydrogen-bond acceptors (Lipinski definition) is 8. The molecule has 0 aliphatic rings. The lowest BCUT2D eigenvalue weighted by molar-refractivity contribution is 0.355. The third-order valence-electron chi connectivity index (χ3n) is 4.38. The van der Waals surface area contributed by atoms with E-state index in [-0.39, 0.29) is 10.6 Å². The monoisotopic (exact) mass is 446 g/mol. The second-order valence-electron chi connectivity index (χ2n) is 6.14. The molecule has 2 N–H and O–H groups in total. The molecule has 0 bridgehead atoms. The number of aromatic nitrogens is 2. The molecule has 0 atom stereocenters. The lowest BCUT2D eigenvalue weighted by Crippen LogP contribution is -2.19. The van der Waals surface area contributed by atoms with E-state index in [1.165, 1.54) is 44.8 Å². The van der Waals surface area contributed by atoms with Gasteiger partial charge >= 0.3 is 0 Å². The van der Waals surface area contributed by atoms with Gasteiger partial charge < -0.3 is 18.9 Å². The van der Waals surface area contributed by atoms with Crippen LogP contribution in [0, 0.1) is 0 Å². The van der Waals surface area contributed by atoms with E-state index >= 15 is 0 Å². The third-order valence-corrected chi connectivity index (χ3v) is 5.64. The lowest BCUT2D eigenvalue weighted by atomic mass is 10.1. The van der Waals surface area contributed by atoms with Gasteiger partial charge in [0, 0.05) is 17.2 Å². The summed E-state index contributed by atoms with van der Waals surface area (Å²) in [5, 5.41) is 10.8. The van der Waals surface area contributed by atoms with Crippen molar-refractivity contribution in [2.24, 2.45) is 5.10 Å². The fraction of sp³-hybridized carbons (Fsp3) is 0.200. The number of ether oxygens (including phenoxy) is 4. The van der Waals surface area contributed by atoms with Crippen molar-refractivity contribution in [2.45, 2.75) is 4.90 Å². The number of hydrazone groups is 1. The molecule has 1 aromatic heterocycles. The smallest absolute Gasteiger partial charge is 0.280 e. The summed E-state index contributed by atoms with van der Waals surface area (Å²) in [5.74, 6) is 1.74. The minimum absolute atomic E-state index is 0.0692. The van der Waals surface area contributed by atoms with Crippen molar-refractivity contribution in [3.63, 3.8) is 0 Å². The Morgan fingerprint density at radius 1 is 0.935 bits per heavy atom. The number of H-pyrrole nitrogens is 1. The molecule has 10 nitrogen and oxygen atoms in total. The fourth-order valence-electron chi connectivity index (χ4n) is 2.83. The molecule has 164 valence electrons. The molecule has 0 unspecified atom stereocenters. The minimum Gasteiger partial charge on any atom is -0.497 e. The zero-order valence-corrected chi connectivity index (χ0v) is 18.2. The second-order valence-corrected chi connectivity index (χ2v) is 7.77. The van der Waals surface area contributed by atoms with Crippen molar-refractivity contribution in [1.82, 2.24) is 15.0 Å². The highest BCUT2D eigenvalue weighted by Gasteiger charge is 2.19. The Balaban J connectivity index is 1.84. The molecule has 0 radical (unpaired) electrons. The maximum absolute atomic E-state index is 12.6. The number of aromatic amines is 1. The molecule has 2 aromatic carbocycles. The topological polar surface area (TPSA) is 124 Å². The van der Waals surface area contributed by atoms with Crippen LogP contribution in [0.25, 0.3) is 11.3 Å². The van der Waals surface area contributed by atoms with Gasteiger partial charge in [-0.05, 0) is 30.3 Å². The van der Waals surface area contributed by atoms with Crippen LogP contribution >= 0.6 is 0 Å². The summed E-state index contributed by atoms with van der Waals surface area (Å²) in [5.41, 5.74) is 1.96. The molecule has 3 aromatic rings. The summed E-state index contributed by atoms with van der Waals surface area (Å²) in [7, 11) is 1.97. The molecular formula is C20H22N4O6S. The van der Waals surface area contributed by atoms with Gasteiger partial charge in [-0.2, -0.15) is 23.4 Å². The van der Waals surface area contributed by atoms with Crippen LogP contribution in [-0.2, 0) is 10.0 Å². The van der Waals surface area contributed by atoms with Gasteiger partial charge in [-0.25, -0.2) is 0 Å². The minimum atomic E-state index is -3.97. The molecule has 1 heterocycles. The molecule has 0 saturated heterocycles. The van der Waals surface area contributed by atoms with Crippen molar-refractivity contribution in [3.05, 3.63) is 48.2 Å². The summed E-state index contributed by atoms with van der Waals surface area (Å²) in [6.45, 7) is 0. The van der Waals surface area contributed by atoms with Crippen LogP contribution in [0.3, 0.4) is 0 Å². The Kier molecular flexibility index (Phi) is 6.65. The number of nitrogens with one attached hydrogen (secondary N) is 2. The highest BCUT2D eigenvalue weighted by atomic mass is 32.2. The van der Waals surface area contributed by atoms with Gasteiger partial charge in [0.05, 0.1) is 46.5 Å². The molecule has 3 rings (SSSR count). The van der Waals surface area contributed by atoms with E-state index in [1.807, 2.05) is 6.07 Å². The van der Waals surface area contributed by atoms with Gasteiger partial charge in [-0.15, -0.1) is 0 Å². The van der Waals surface area contributed by atoms with Crippen molar-refractivity contribution in [3.8, 4) is 34.3 Å². The summed E-state index contributed by atoms with van der Waals surface area (Å²) >= 11 is 0. The lowest BCUT2D eigenvalue weighted by Gasteiger charge is -2.10. The second kappa shape index (κ2) is 9.39. The number of rotatable bonds is 9. The molecule has 0 saturated carbocycles. The summed E-state index contributed by atoms with van der Waals surface area (Å²) < 4.78 is 46.1. The predicted molar refractivity (Wildman–Crippen MR) is 115 cm³/mol. The molecule has 0 aliphatic carbocycles. The van der Waals surface area contributed by atoms with Crippen LogP contribution in [0.2, 0.25) is 0 Å². The Morgan fingerprint density at radius 2 is 1.68 bits per heavy atom. The van der Waals surface area contributed by atoms with Crippen molar-refractivity contribution < 1.29 is 27.4 Å². The van der Waals surface area contributed by atoms with Gasteiger partial charge in [0.15, 0.2) is 11.5 Å². The summed E-state index contributed by atoms with van der Waals surface area (Å²) in [6, 6.07) is 9.72. The van der Waals surface area contributed by atoms with Crippen LogP contribution in [0.1, 0.15) is 5.56 Å². The third kappa shape index (κ3) is 4.72. The Labute approximate surface area is 179 Å². The van der Waals surface area contributed by atoms with Crippen LogP contribution in [0.5, 0.6) is 23.0 Å². The van der Waals surface area contributed by atoms with Gasteiger partial charge in [0.1, 0.15) is 16.4 Å². The highest BCUT2D eigenvalue weighted by molar-refractivity contribution is 7.89. The molecule has 0 aliphatic heterocycles. The summed E-state index contributed by atoms with van der Waals surface area (Å²) in [6.07, 6.45) is 2.88. The largest absolute Gasteiger partial charge is 0.497 e. The van der Waals surface area contributed by atoms with E-state index in [0.717, 1.165) is 5.56 Å². The average molecular weight is 446 g/mol. The Bertz CT molecular complexity index is 1190. The Hall–Kier alpha value is -3.73. The number of methoxy groups -OCH3 is 4. The van der Waals surface area contributed by atoms with Gasteiger partial charge in [0.2, 0.25) is 0 Å². The van der Waals surface area contributed by atoms with Crippen LogP contribution in [-0.4, -0.2) is 53.3 Å². The van der Waals surface area contributed by atoms with E-state index < -0.39 is 10.0 Å². The van der Waals surface area contributed by atoms with Crippen LogP contribution < -0.4 is 23.8 Å². The standard InChI is InChI=1S/C20H22N4O6S/c1-27-15-6-8-19(18(10-15)30-4)31(25,26)24-22-12-14-11-21-23-20(14)13-5-7-16(28-2)17(9-13)29-3/h5-12,24H,1-4H3,(H,21,23)/b22-12-. The number of sulfonamides is 1. The van der Waals surface area contributed by atoms with E-state index in [2.05, 4.69) is 20.1 Å². The highest BCUT2D eigenvalue weighted by Crippen LogP contribution is 2.32. The number of hydrogen-bond donors (Lipinski definition) is 2. The van der Waals surface area contributed by atoms with E-state index in [9.17, 15) is 8.42 Å². The number of benzene rings is 2. The van der Waals surface area contributed by atoms with Crippen LogP contribution in [0.15, 0.2) is 52.6 Å². The molecule has 0 spiro atoms. The molecular weight excluding hydrogens is 424 g/mol. The number of nitrogens with zero attached hydrogens (tertiary/aromatic N) is 2. The Morgan fingerprint density at radius 3 is 2.35 bits per heavy atom. The molecule has 31 heavy (non-hydrogen) atoms. The maximum Gasteiger partial charge on any atom is 0.280 e. The maximum atomic E-state index is 12.6. The van der Waals surface area contributed by atoms with Crippen molar-refractivity contribution in [2.75, 3.05) is 28.4 Å². The first-order valence-corrected chi connectivity index (χ1v) is 10.4. The van der Waals surface area contributed by atoms with Gasteiger partial charge in [-0.1, -0.05) is 0 Å².